The Hall–Kier alpha value is -4.37. The number of benzene rings is 3. The van der Waals surface area contributed by atoms with Crippen LogP contribution >= 0.6 is 0 Å². The maximum atomic E-state index is 12.9. The standard InChI is InChI=1S/C33H38N4O5/c1-22-18-28(31(38)34-16-17-36-23(2)6-4-7-24(36)3)12-15-30(22)27-9-5-8-26(19-27)21-41-29-13-10-25(11-14-29)20-37-32(39)35-33(40)42-37/h5,8-15,18-19,23-24H,4,6-7,16-17,20-21H2,1-3H3,(H,34,38)(H,35,39,40). The maximum Gasteiger partial charge on any atom is 0.440 e. The Morgan fingerprint density at radius 2 is 1.76 bits per heavy atom. The highest BCUT2D eigenvalue weighted by atomic mass is 16.5. The van der Waals surface area contributed by atoms with Gasteiger partial charge in [-0.1, -0.05) is 42.8 Å². The normalized spacial score (nSPS) is 17.2. The van der Waals surface area contributed by atoms with E-state index in [2.05, 4.69) is 41.2 Å². The summed E-state index contributed by atoms with van der Waals surface area (Å²) in [5.74, 6) is -0.135. The molecule has 0 saturated carbocycles. The molecule has 1 amide bonds. The third kappa shape index (κ3) is 7.09. The van der Waals surface area contributed by atoms with E-state index in [1.54, 1.807) is 0 Å². The first-order valence-corrected chi connectivity index (χ1v) is 14.5. The second-order valence-corrected chi connectivity index (χ2v) is 11.1. The molecule has 2 heterocycles. The van der Waals surface area contributed by atoms with Crippen molar-refractivity contribution in [2.24, 2.45) is 0 Å². The third-order valence-electron chi connectivity index (χ3n) is 8.04. The molecule has 1 saturated heterocycles. The van der Waals surface area contributed by atoms with Crippen LogP contribution in [-0.4, -0.2) is 45.7 Å². The number of rotatable bonds is 10. The zero-order valence-corrected chi connectivity index (χ0v) is 24.4. The van der Waals surface area contributed by atoms with Crippen LogP contribution in [0.3, 0.4) is 0 Å². The number of hydrogen-bond donors (Lipinski definition) is 2. The molecule has 0 radical (unpaired) electrons. The maximum absolute atomic E-state index is 12.9. The van der Waals surface area contributed by atoms with Gasteiger partial charge in [-0.05, 0) is 91.8 Å². The van der Waals surface area contributed by atoms with Gasteiger partial charge in [0, 0.05) is 30.7 Å². The highest BCUT2D eigenvalue weighted by Gasteiger charge is 2.24. The molecule has 0 bridgehead atoms. The summed E-state index contributed by atoms with van der Waals surface area (Å²) >= 11 is 0. The minimum absolute atomic E-state index is 0.0418. The minimum atomic E-state index is -0.776. The number of aromatic amines is 1. The number of nitrogens with one attached hydrogen (secondary N) is 2. The van der Waals surface area contributed by atoms with Crippen LogP contribution in [0, 0.1) is 6.92 Å². The molecular formula is C33H38N4O5. The molecule has 9 heteroatoms. The number of amides is 1. The summed E-state index contributed by atoms with van der Waals surface area (Å²) in [4.78, 5) is 40.2. The first kappa shape index (κ1) is 29.1. The Balaban J connectivity index is 1.16. The van der Waals surface area contributed by atoms with E-state index in [1.165, 1.54) is 19.3 Å². The van der Waals surface area contributed by atoms with E-state index in [1.807, 2.05) is 61.5 Å². The van der Waals surface area contributed by atoms with Gasteiger partial charge < -0.3 is 14.6 Å². The number of carbonyl (C=O) groups excluding carboxylic acids is 1. The van der Waals surface area contributed by atoms with Crippen LogP contribution < -0.4 is 21.5 Å². The Bertz CT molecular complexity index is 1630. The number of aromatic nitrogens is 2. The first-order chi connectivity index (χ1) is 20.3. The second-order valence-electron chi connectivity index (χ2n) is 11.1. The fraction of sp³-hybridized carbons (Fsp3) is 0.364. The fourth-order valence-electron chi connectivity index (χ4n) is 5.72. The van der Waals surface area contributed by atoms with E-state index in [4.69, 9.17) is 9.26 Å². The van der Waals surface area contributed by atoms with E-state index in [-0.39, 0.29) is 12.5 Å². The molecule has 2 unspecified atom stereocenters. The molecule has 0 aliphatic carbocycles. The molecule has 4 aromatic rings. The SMILES string of the molecule is Cc1cc(C(=O)NCCN2C(C)CCCC2C)ccc1-c1cccc(COc2ccc(Cn3oc(=O)[nH]c3=O)cc2)c1. The lowest BCUT2D eigenvalue weighted by molar-refractivity contribution is 0.0889. The molecule has 1 aliphatic heterocycles. The quantitative estimate of drug-likeness (QED) is 0.286. The van der Waals surface area contributed by atoms with Crippen molar-refractivity contribution in [3.63, 3.8) is 0 Å². The second kappa shape index (κ2) is 13.1. The van der Waals surface area contributed by atoms with Crippen molar-refractivity contribution in [2.75, 3.05) is 13.1 Å². The Kier molecular flexibility index (Phi) is 9.07. The molecule has 5 rings (SSSR count). The number of hydrogen-bond acceptors (Lipinski definition) is 6. The molecule has 1 fully saturated rings. The third-order valence-corrected chi connectivity index (χ3v) is 8.04. The molecular weight excluding hydrogens is 532 g/mol. The predicted octanol–water partition coefficient (Wildman–Crippen LogP) is 4.73. The Morgan fingerprint density at radius 1 is 1.00 bits per heavy atom. The van der Waals surface area contributed by atoms with Crippen LogP contribution in [-0.2, 0) is 13.2 Å². The van der Waals surface area contributed by atoms with E-state index in [9.17, 15) is 14.4 Å². The number of likely N-dealkylation sites (tertiary alicyclic amines) is 1. The van der Waals surface area contributed by atoms with Crippen molar-refractivity contribution in [1.29, 1.82) is 0 Å². The van der Waals surface area contributed by atoms with Gasteiger partial charge in [0.1, 0.15) is 12.4 Å². The van der Waals surface area contributed by atoms with Crippen LogP contribution in [0.1, 0.15) is 60.2 Å². The monoisotopic (exact) mass is 570 g/mol. The smallest absolute Gasteiger partial charge is 0.440 e. The lowest BCUT2D eigenvalue weighted by Crippen LogP contribution is -2.47. The summed E-state index contributed by atoms with van der Waals surface area (Å²) in [6, 6.07) is 22.4. The minimum Gasteiger partial charge on any atom is -0.489 e. The largest absolute Gasteiger partial charge is 0.489 e. The summed E-state index contributed by atoms with van der Waals surface area (Å²) in [6.45, 7) is 8.63. The van der Waals surface area contributed by atoms with Crippen molar-refractivity contribution >= 4 is 5.91 Å². The molecule has 1 aliphatic rings. The summed E-state index contributed by atoms with van der Waals surface area (Å²) in [7, 11) is 0. The Morgan fingerprint density at radius 3 is 2.45 bits per heavy atom. The molecule has 3 aromatic carbocycles. The summed E-state index contributed by atoms with van der Waals surface area (Å²) in [5.41, 5.74) is 5.06. The van der Waals surface area contributed by atoms with Crippen LogP contribution in [0.25, 0.3) is 11.1 Å². The highest BCUT2D eigenvalue weighted by molar-refractivity contribution is 5.95. The number of H-pyrrole nitrogens is 1. The van der Waals surface area contributed by atoms with Crippen molar-refractivity contribution in [1.82, 2.24) is 19.9 Å². The van der Waals surface area contributed by atoms with Gasteiger partial charge >= 0.3 is 11.4 Å². The molecule has 0 spiro atoms. The van der Waals surface area contributed by atoms with Crippen LogP contribution in [0.4, 0.5) is 0 Å². The molecule has 220 valence electrons. The van der Waals surface area contributed by atoms with Crippen LogP contribution in [0.2, 0.25) is 0 Å². The average molecular weight is 571 g/mol. The molecule has 9 nitrogen and oxygen atoms in total. The molecule has 42 heavy (non-hydrogen) atoms. The van der Waals surface area contributed by atoms with E-state index in [0.29, 0.717) is 36.5 Å². The van der Waals surface area contributed by atoms with Crippen molar-refractivity contribution in [3.8, 4) is 16.9 Å². The van der Waals surface area contributed by atoms with Crippen molar-refractivity contribution in [2.45, 2.75) is 65.3 Å². The van der Waals surface area contributed by atoms with Gasteiger partial charge in [-0.2, -0.15) is 0 Å². The predicted molar refractivity (Wildman–Crippen MR) is 162 cm³/mol. The average Bonchev–Trinajstić information content (AvgIpc) is 3.30. The fourth-order valence-corrected chi connectivity index (χ4v) is 5.72. The van der Waals surface area contributed by atoms with Gasteiger partial charge in [0.15, 0.2) is 0 Å². The molecule has 1 aromatic heterocycles. The van der Waals surface area contributed by atoms with Gasteiger partial charge in [0.25, 0.3) is 5.91 Å². The lowest BCUT2D eigenvalue weighted by atomic mass is 9.97. The number of piperidine rings is 1. The van der Waals surface area contributed by atoms with Gasteiger partial charge in [0.05, 0.1) is 6.54 Å². The van der Waals surface area contributed by atoms with E-state index >= 15 is 0 Å². The lowest BCUT2D eigenvalue weighted by Gasteiger charge is -2.39. The molecule has 2 N–H and O–H groups in total. The van der Waals surface area contributed by atoms with Gasteiger partial charge in [-0.3, -0.25) is 9.69 Å². The summed E-state index contributed by atoms with van der Waals surface area (Å²) in [6.07, 6.45) is 3.73. The highest BCUT2D eigenvalue weighted by Crippen LogP contribution is 2.26. The first-order valence-electron chi connectivity index (χ1n) is 14.5. The van der Waals surface area contributed by atoms with Crippen molar-refractivity contribution < 1.29 is 14.1 Å². The zero-order chi connectivity index (χ0) is 29.6. The van der Waals surface area contributed by atoms with Crippen LogP contribution in [0.5, 0.6) is 5.75 Å². The van der Waals surface area contributed by atoms with Gasteiger partial charge in [-0.15, -0.1) is 4.74 Å². The number of nitrogens with zero attached hydrogens (tertiary/aromatic N) is 2. The number of ether oxygens (including phenoxy) is 1. The van der Waals surface area contributed by atoms with Gasteiger partial charge in [-0.25, -0.2) is 14.6 Å². The number of aryl methyl sites for hydroxylation is 1. The van der Waals surface area contributed by atoms with Crippen LogP contribution in [0.15, 0.2) is 80.8 Å². The van der Waals surface area contributed by atoms with E-state index in [0.717, 1.165) is 39.1 Å². The summed E-state index contributed by atoms with van der Waals surface area (Å²) < 4.78 is 11.8. The summed E-state index contributed by atoms with van der Waals surface area (Å²) in [5, 5.41) is 3.10. The number of carbonyl (C=O) groups is 1. The van der Waals surface area contributed by atoms with Gasteiger partial charge in [0.2, 0.25) is 0 Å². The topological polar surface area (TPSA) is 110 Å². The van der Waals surface area contributed by atoms with E-state index < -0.39 is 11.4 Å². The zero-order valence-electron chi connectivity index (χ0n) is 24.4. The molecule has 2 atom stereocenters. The van der Waals surface area contributed by atoms with Crippen molar-refractivity contribution in [3.05, 3.63) is 110 Å². The Labute approximate surface area is 245 Å².